The Balaban J connectivity index is 2.21. The molecule has 76 valence electrons. The number of hydrogen-bond acceptors (Lipinski definition) is 2. The van der Waals surface area contributed by atoms with Gasteiger partial charge >= 0.3 is 0 Å². The van der Waals surface area contributed by atoms with Gasteiger partial charge in [-0.15, -0.1) is 0 Å². The van der Waals surface area contributed by atoms with Crippen LogP contribution in [0.3, 0.4) is 0 Å². The van der Waals surface area contributed by atoms with Crippen LogP contribution in [0.1, 0.15) is 29.9 Å². The minimum absolute atomic E-state index is 0.394. The number of benzene rings is 1. The van der Waals surface area contributed by atoms with Gasteiger partial charge in [0.2, 0.25) is 0 Å². The van der Waals surface area contributed by atoms with Crippen LogP contribution < -0.4 is 5.32 Å². The Labute approximate surface area is 85.0 Å². The Bertz CT molecular complexity index is 296. The Morgan fingerprint density at radius 1 is 1.36 bits per heavy atom. The fourth-order valence-electron chi connectivity index (χ4n) is 2.16. The van der Waals surface area contributed by atoms with Crippen molar-refractivity contribution in [1.29, 1.82) is 0 Å². The van der Waals surface area contributed by atoms with Crippen LogP contribution in [0.4, 0.5) is 0 Å². The second-order valence-electron chi connectivity index (χ2n) is 4.15. The lowest BCUT2D eigenvalue weighted by Gasteiger charge is -2.23. The van der Waals surface area contributed by atoms with Gasteiger partial charge in [-0.25, -0.2) is 0 Å². The van der Waals surface area contributed by atoms with Crippen molar-refractivity contribution in [1.82, 2.24) is 5.32 Å². The average molecular weight is 191 g/mol. The Morgan fingerprint density at radius 3 is 2.86 bits per heavy atom. The first-order valence-electron chi connectivity index (χ1n) is 5.27. The van der Waals surface area contributed by atoms with Crippen LogP contribution >= 0.6 is 0 Å². The van der Waals surface area contributed by atoms with Crippen molar-refractivity contribution >= 4 is 0 Å². The third kappa shape index (κ3) is 2.07. The van der Waals surface area contributed by atoms with Gasteiger partial charge in [0, 0.05) is 6.54 Å². The highest BCUT2D eigenvalue weighted by Crippen LogP contribution is 2.26. The number of phenols is 1. The lowest BCUT2D eigenvalue weighted by molar-refractivity contribution is 0.452. The molecule has 2 rings (SSSR count). The number of rotatable bonds is 1. The fraction of sp³-hybridized carbons (Fsp3) is 0.500. The predicted octanol–water partition coefficient (Wildman–Crippen LogP) is 2.17. The van der Waals surface area contributed by atoms with E-state index in [1.165, 1.54) is 18.4 Å². The molecule has 0 aromatic heterocycles. The zero-order valence-electron chi connectivity index (χ0n) is 8.59. The van der Waals surface area contributed by atoms with Crippen molar-refractivity contribution in [2.45, 2.75) is 25.7 Å². The Kier molecular flexibility index (Phi) is 2.73. The van der Waals surface area contributed by atoms with Gasteiger partial charge in [-0.2, -0.15) is 0 Å². The van der Waals surface area contributed by atoms with Gasteiger partial charge in [-0.1, -0.05) is 6.07 Å². The molecule has 0 aliphatic carbocycles. The molecule has 1 aliphatic heterocycles. The second-order valence-corrected chi connectivity index (χ2v) is 4.15. The summed E-state index contributed by atoms with van der Waals surface area (Å²) in [6, 6.07) is 5.88. The third-order valence-corrected chi connectivity index (χ3v) is 2.85. The summed E-state index contributed by atoms with van der Waals surface area (Å²) >= 11 is 0. The van der Waals surface area contributed by atoms with Crippen LogP contribution in [-0.4, -0.2) is 18.2 Å². The molecular formula is C12H17NO. The van der Waals surface area contributed by atoms with E-state index in [-0.39, 0.29) is 0 Å². The van der Waals surface area contributed by atoms with Crippen LogP contribution in [0.15, 0.2) is 18.2 Å². The lowest BCUT2D eigenvalue weighted by atomic mass is 9.91. The summed E-state index contributed by atoms with van der Waals surface area (Å²) in [5, 5.41) is 12.9. The van der Waals surface area contributed by atoms with Crippen molar-refractivity contribution in [3.05, 3.63) is 29.3 Å². The first-order valence-corrected chi connectivity index (χ1v) is 5.27. The molecule has 1 aliphatic rings. The number of phenolic OH excluding ortho intramolecular Hbond substituents is 1. The fourth-order valence-corrected chi connectivity index (χ4v) is 2.16. The minimum atomic E-state index is 0.394. The summed E-state index contributed by atoms with van der Waals surface area (Å²) < 4.78 is 0. The lowest BCUT2D eigenvalue weighted by Crippen LogP contribution is -2.28. The van der Waals surface area contributed by atoms with E-state index in [0.29, 0.717) is 11.7 Å². The Hall–Kier alpha value is -1.02. The number of hydrogen-bond donors (Lipinski definition) is 2. The third-order valence-electron chi connectivity index (χ3n) is 2.85. The summed E-state index contributed by atoms with van der Waals surface area (Å²) in [5.74, 6) is 0.972. The molecule has 1 aromatic rings. The molecule has 1 atom stereocenters. The average Bonchev–Trinajstić information content (AvgIpc) is 2.18. The normalized spacial score (nSPS) is 22.2. The molecule has 0 spiro atoms. The molecule has 1 heterocycles. The first kappa shape index (κ1) is 9.53. The van der Waals surface area contributed by atoms with Crippen molar-refractivity contribution in [3.63, 3.8) is 0 Å². The summed E-state index contributed by atoms with van der Waals surface area (Å²) in [6.45, 7) is 4.21. The molecule has 0 bridgehead atoms. The van der Waals surface area contributed by atoms with Gasteiger partial charge in [-0.3, -0.25) is 0 Å². The van der Waals surface area contributed by atoms with E-state index in [9.17, 15) is 5.11 Å². The summed E-state index contributed by atoms with van der Waals surface area (Å²) in [6.07, 6.45) is 2.47. The van der Waals surface area contributed by atoms with Gasteiger partial charge in [0.1, 0.15) is 5.75 Å². The van der Waals surface area contributed by atoms with Crippen molar-refractivity contribution in [2.24, 2.45) is 0 Å². The zero-order valence-corrected chi connectivity index (χ0v) is 8.59. The number of aromatic hydroxyl groups is 1. The minimum Gasteiger partial charge on any atom is -0.508 e. The molecule has 2 heteroatoms. The molecule has 0 saturated carbocycles. The van der Waals surface area contributed by atoms with Gasteiger partial charge in [0.15, 0.2) is 0 Å². The molecule has 1 saturated heterocycles. The first-order chi connectivity index (χ1) is 6.75. The molecular weight excluding hydrogens is 174 g/mol. The van der Waals surface area contributed by atoms with Gasteiger partial charge < -0.3 is 10.4 Å². The van der Waals surface area contributed by atoms with Gasteiger partial charge in [-0.05, 0) is 55.5 Å². The molecule has 1 fully saturated rings. The number of aryl methyl sites for hydroxylation is 1. The van der Waals surface area contributed by atoms with Crippen LogP contribution in [0.2, 0.25) is 0 Å². The molecule has 0 unspecified atom stereocenters. The quantitative estimate of drug-likeness (QED) is 0.713. The van der Waals surface area contributed by atoms with E-state index < -0.39 is 0 Å². The van der Waals surface area contributed by atoms with Crippen LogP contribution in [0.25, 0.3) is 0 Å². The van der Waals surface area contributed by atoms with E-state index in [0.717, 1.165) is 18.7 Å². The Morgan fingerprint density at radius 2 is 2.21 bits per heavy atom. The maximum absolute atomic E-state index is 9.50. The highest BCUT2D eigenvalue weighted by Gasteiger charge is 2.15. The van der Waals surface area contributed by atoms with E-state index >= 15 is 0 Å². The molecule has 14 heavy (non-hydrogen) atoms. The van der Waals surface area contributed by atoms with Crippen LogP contribution in [-0.2, 0) is 0 Å². The van der Waals surface area contributed by atoms with Gasteiger partial charge in [0.05, 0.1) is 0 Å². The van der Waals surface area contributed by atoms with Crippen LogP contribution in [0.5, 0.6) is 5.75 Å². The summed E-state index contributed by atoms with van der Waals surface area (Å²) in [7, 11) is 0. The maximum atomic E-state index is 9.50. The van der Waals surface area contributed by atoms with Gasteiger partial charge in [0.25, 0.3) is 0 Å². The van der Waals surface area contributed by atoms with Crippen molar-refractivity contribution in [3.8, 4) is 5.75 Å². The smallest absolute Gasteiger partial charge is 0.116 e. The predicted molar refractivity (Wildman–Crippen MR) is 57.7 cm³/mol. The van der Waals surface area contributed by atoms with E-state index in [2.05, 4.69) is 11.4 Å². The SMILES string of the molecule is Cc1cc(O)cc([C@@H]2CCCNC2)c1. The summed E-state index contributed by atoms with van der Waals surface area (Å²) in [4.78, 5) is 0. The monoisotopic (exact) mass is 191 g/mol. The standard InChI is InChI=1S/C12H17NO/c1-9-5-11(7-12(14)6-9)10-3-2-4-13-8-10/h5-7,10,13-14H,2-4,8H2,1H3/t10-/m1/s1. The van der Waals surface area contributed by atoms with E-state index in [4.69, 9.17) is 0 Å². The highest BCUT2D eigenvalue weighted by atomic mass is 16.3. The molecule has 2 N–H and O–H groups in total. The number of nitrogens with one attached hydrogen (secondary N) is 1. The maximum Gasteiger partial charge on any atom is 0.116 e. The molecule has 0 radical (unpaired) electrons. The van der Waals surface area contributed by atoms with Crippen molar-refractivity contribution < 1.29 is 5.11 Å². The van der Waals surface area contributed by atoms with Crippen molar-refractivity contribution in [2.75, 3.05) is 13.1 Å². The molecule has 2 nitrogen and oxygen atoms in total. The second kappa shape index (κ2) is 4.01. The largest absolute Gasteiger partial charge is 0.508 e. The zero-order chi connectivity index (χ0) is 9.97. The number of piperidine rings is 1. The van der Waals surface area contributed by atoms with Crippen LogP contribution in [0, 0.1) is 6.92 Å². The molecule has 1 aromatic carbocycles. The molecule has 0 amide bonds. The topological polar surface area (TPSA) is 32.3 Å². The van der Waals surface area contributed by atoms with E-state index in [1.54, 1.807) is 6.07 Å². The summed E-state index contributed by atoms with van der Waals surface area (Å²) in [5.41, 5.74) is 2.42. The van der Waals surface area contributed by atoms with E-state index in [1.807, 2.05) is 13.0 Å². The highest BCUT2D eigenvalue weighted by molar-refractivity contribution is 5.35.